The molecule has 38 heavy (non-hydrogen) atoms. The number of fused-ring (bicyclic) bond motifs is 1. The third-order valence-electron chi connectivity index (χ3n) is 7.69. The van der Waals surface area contributed by atoms with E-state index in [9.17, 15) is 9.59 Å². The molecule has 1 aromatic carbocycles. The number of aromatic amines is 1. The van der Waals surface area contributed by atoms with Crippen molar-refractivity contribution in [3.8, 4) is 11.1 Å². The van der Waals surface area contributed by atoms with Crippen molar-refractivity contribution in [1.82, 2.24) is 24.8 Å². The van der Waals surface area contributed by atoms with Crippen molar-refractivity contribution < 1.29 is 4.79 Å². The van der Waals surface area contributed by atoms with E-state index in [0.29, 0.717) is 11.1 Å². The SMILES string of the molecule is CCn1ccc2c(-c3ccc(N4CCN(C)CC4)nc3)cc(C(=O)NCc3c(C)cc(C)[nH]c3=O)c(C)c21. The van der Waals surface area contributed by atoms with Gasteiger partial charge in [-0.05, 0) is 81.8 Å². The summed E-state index contributed by atoms with van der Waals surface area (Å²) in [6, 6.07) is 10.2. The molecule has 0 saturated carbocycles. The van der Waals surface area contributed by atoms with E-state index in [1.807, 2.05) is 39.1 Å². The third-order valence-corrected chi connectivity index (χ3v) is 7.69. The second kappa shape index (κ2) is 10.5. The number of carbonyl (C=O) groups excluding carboxylic acids is 1. The van der Waals surface area contributed by atoms with Crippen molar-refractivity contribution in [2.75, 3.05) is 38.1 Å². The number of rotatable bonds is 6. The van der Waals surface area contributed by atoms with Crippen LogP contribution in [0, 0.1) is 20.8 Å². The van der Waals surface area contributed by atoms with E-state index >= 15 is 0 Å². The molecule has 1 fully saturated rings. The molecule has 3 aromatic heterocycles. The van der Waals surface area contributed by atoms with Crippen molar-refractivity contribution in [2.24, 2.45) is 0 Å². The number of hydrogen-bond acceptors (Lipinski definition) is 5. The molecule has 198 valence electrons. The van der Waals surface area contributed by atoms with Crippen molar-refractivity contribution in [2.45, 2.75) is 40.8 Å². The molecule has 0 atom stereocenters. The number of H-pyrrole nitrogens is 1. The molecule has 4 heterocycles. The number of anilines is 1. The highest BCUT2D eigenvalue weighted by molar-refractivity contribution is 6.06. The van der Waals surface area contributed by atoms with E-state index in [-0.39, 0.29) is 18.0 Å². The molecule has 8 heteroatoms. The summed E-state index contributed by atoms with van der Waals surface area (Å²) in [5.74, 6) is 0.781. The van der Waals surface area contributed by atoms with Crippen molar-refractivity contribution >= 4 is 22.6 Å². The van der Waals surface area contributed by atoms with Gasteiger partial charge in [-0.25, -0.2) is 4.98 Å². The Kier molecular flexibility index (Phi) is 7.08. The number of hydrogen-bond donors (Lipinski definition) is 2. The largest absolute Gasteiger partial charge is 0.354 e. The predicted octanol–water partition coefficient (Wildman–Crippen LogP) is 4.02. The Morgan fingerprint density at radius 2 is 1.84 bits per heavy atom. The van der Waals surface area contributed by atoms with Gasteiger partial charge in [-0.3, -0.25) is 9.59 Å². The van der Waals surface area contributed by atoms with Gasteiger partial charge in [0.1, 0.15) is 5.82 Å². The maximum Gasteiger partial charge on any atom is 0.253 e. The van der Waals surface area contributed by atoms with Gasteiger partial charge in [0.05, 0.1) is 5.52 Å². The summed E-state index contributed by atoms with van der Waals surface area (Å²) in [6.07, 6.45) is 3.99. The molecule has 0 radical (unpaired) electrons. The maximum absolute atomic E-state index is 13.5. The number of carbonyl (C=O) groups is 1. The summed E-state index contributed by atoms with van der Waals surface area (Å²) in [5, 5.41) is 4.09. The Morgan fingerprint density at radius 1 is 1.08 bits per heavy atom. The average Bonchev–Trinajstić information content (AvgIpc) is 3.34. The van der Waals surface area contributed by atoms with Crippen LogP contribution in [-0.4, -0.2) is 58.6 Å². The molecule has 0 aliphatic carbocycles. The number of benzene rings is 1. The zero-order valence-corrected chi connectivity index (χ0v) is 22.9. The number of likely N-dealkylation sites (N-methyl/N-ethyl adjacent to an activating group) is 1. The fourth-order valence-electron chi connectivity index (χ4n) is 5.44. The molecule has 8 nitrogen and oxygen atoms in total. The lowest BCUT2D eigenvalue weighted by Crippen LogP contribution is -2.44. The van der Waals surface area contributed by atoms with Crippen molar-refractivity contribution in [3.05, 3.63) is 81.0 Å². The first-order chi connectivity index (χ1) is 18.3. The van der Waals surface area contributed by atoms with E-state index in [0.717, 1.165) is 77.4 Å². The molecule has 0 unspecified atom stereocenters. The van der Waals surface area contributed by atoms with Gasteiger partial charge in [0, 0.05) is 79.4 Å². The van der Waals surface area contributed by atoms with Gasteiger partial charge in [-0.1, -0.05) is 0 Å². The Labute approximate surface area is 223 Å². The number of nitrogens with one attached hydrogen (secondary N) is 2. The minimum atomic E-state index is -0.198. The van der Waals surface area contributed by atoms with Crippen LogP contribution in [-0.2, 0) is 13.1 Å². The molecular weight excluding hydrogens is 476 g/mol. The van der Waals surface area contributed by atoms with E-state index in [2.05, 4.69) is 63.0 Å². The van der Waals surface area contributed by atoms with Gasteiger partial charge in [-0.15, -0.1) is 0 Å². The lowest BCUT2D eigenvalue weighted by molar-refractivity contribution is 0.0950. The third kappa shape index (κ3) is 4.84. The molecule has 1 aliphatic heterocycles. The van der Waals surface area contributed by atoms with Gasteiger partial charge in [0.15, 0.2) is 0 Å². The zero-order valence-electron chi connectivity index (χ0n) is 22.9. The van der Waals surface area contributed by atoms with Gasteiger partial charge in [0.25, 0.3) is 11.5 Å². The Balaban J connectivity index is 1.49. The average molecular weight is 513 g/mol. The van der Waals surface area contributed by atoms with Crippen molar-refractivity contribution in [3.63, 3.8) is 0 Å². The summed E-state index contributed by atoms with van der Waals surface area (Å²) in [5.41, 5.74) is 6.60. The van der Waals surface area contributed by atoms with Gasteiger partial charge >= 0.3 is 0 Å². The predicted molar refractivity (Wildman–Crippen MR) is 153 cm³/mol. The van der Waals surface area contributed by atoms with Gasteiger partial charge in [0.2, 0.25) is 0 Å². The summed E-state index contributed by atoms with van der Waals surface area (Å²) < 4.78 is 2.17. The van der Waals surface area contributed by atoms with E-state index < -0.39 is 0 Å². The van der Waals surface area contributed by atoms with Crippen LogP contribution in [0.1, 0.15) is 39.7 Å². The van der Waals surface area contributed by atoms with Crippen LogP contribution in [0.15, 0.2) is 47.5 Å². The van der Waals surface area contributed by atoms with E-state index in [1.54, 1.807) is 0 Å². The monoisotopic (exact) mass is 512 g/mol. The highest BCUT2D eigenvalue weighted by atomic mass is 16.1. The first-order valence-electron chi connectivity index (χ1n) is 13.3. The van der Waals surface area contributed by atoms with E-state index in [1.165, 1.54) is 0 Å². The first kappa shape index (κ1) is 25.7. The van der Waals surface area contributed by atoms with Crippen LogP contribution in [0.4, 0.5) is 5.82 Å². The van der Waals surface area contributed by atoms with Crippen LogP contribution < -0.4 is 15.8 Å². The lowest BCUT2D eigenvalue weighted by Gasteiger charge is -2.33. The Hall–Kier alpha value is -3.91. The molecule has 1 amide bonds. The topological polar surface area (TPSA) is 86.3 Å². The van der Waals surface area contributed by atoms with E-state index in [4.69, 9.17) is 4.98 Å². The number of pyridine rings is 2. The summed E-state index contributed by atoms with van der Waals surface area (Å²) in [6.45, 7) is 12.8. The molecule has 4 aromatic rings. The van der Waals surface area contributed by atoms with Crippen LogP contribution in [0.5, 0.6) is 0 Å². The fraction of sp³-hybridized carbons (Fsp3) is 0.367. The second-order valence-corrected chi connectivity index (χ2v) is 10.3. The number of aromatic nitrogens is 3. The highest BCUT2D eigenvalue weighted by Crippen LogP contribution is 2.34. The summed E-state index contributed by atoms with van der Waals surface area (Å²) in [7, 11) is 2.15. The smallest absolute Gasteiger partial charge is 0.253 e. The summed E-state index contributed by atoms with van der Waals surface area (Å²) >= 11 is 0. The number of piperazine rings is 1. The quantitative estimate of drug-likeness (QED) is 0.408. The zero-order chi connectivity index (χ0) is 27.0. The van der Waals surface area contributed by atoms with Crippen LogP contribution in [0.3, 0.4) is 0 Å². The minimum absolute atomic E-state index is 0.165. The molecule has 0 bridgehead atoms. The lowest BCUT2D eigenvalue weighted by atomic mass is 9.95. The maximum atomic E-state index is 13.5. The Morgan fingerprint density at radius 3 is 2.50 bits per heavy atom. The number of amides is 1. The second-order valence-electron chi connectivity index (χ2n) is 10.3. The minimum Gasteiger partial charge on any atom is -0.354 e. The number of aryl methyl sites for hydroxylation is 4. The fourth-order valence-corrected chi connectivity index (χ4v) is 5.44. The molecule has 5 rings (SSSR count). The Bertz CT molecular complexity index is 1540. The van der Waals surface area contributed by atoms with Crippen LogP contribution >= 0.6 is 0 Å². The molecular formula is C30H36N6O2. The molecule has 1 saturated heterocycles. The molecule has 0 spiro atoms. The van der Waals surface area contributed by atoms with Crippen LogP contribution in [0.25, 0.3) is 22.0 Å². The van der Waals surface area contributed by atoms with Gasteiger partial charge < -0.3 is 24.7 Å². The molecule has 1 aliphatic rings. The number of nitrogens with zero attached hydrogens (tertiary/aromatic N) is 4. The highest BCUT2D eigenvalue weighted by Gasteiger charge is 2.20. The first-order valence-corrected chi connectivity index (χ1v) is 13.3. The van der Waals surface area contributed by atoms with Crippen molar-refractivity contribution in [1.29, 1.82) is 0 Å². The van der Waals surface area contributed by atoms with Crippen LogP contribution in [0.2, 0.25) is 0 Å². The van der Waals surface area contributed by atoms with Gasteiger partial charge in [-0.2, -0.15) is 0 Å². The summed E-state index contributed by atoms with van der Waals surface area (Å²) in [4.78, 5) is 38.3. The standard InChI is InChI=1S/C30H36N6O2/c1-6-35-10-9-23-25(22-7-8-27(31-17-22)36-13-11-34(5)12-14-36)16-24(21(4)28(23)35)29(37)32-18-26-19(2)15-20(3)33-30(26)38/h7-10,15-17H,6,11-14,18H2,1-5H3,(H,32,37)(H,33,38). The normalized spacial score (nSPS) is 14.3. The molecule has 2 N–H and O–H groups in total.